The molecule has 132 valence electrons. The van der Waals surface area contributed by atoms with Gasteiger partial charge in [0.2, 0.25) is 0 Å². The van der Waals surface area contributed by atoms with Gasteiger partial charge < -0.3 is 0 Å². The van der Waals surface area contributed by atoms with Crippen LogP contribution in [0.25, 0.3) is 0 Å². The van der Waals surface area contributed by atoms with Crippen LogP contribution < -0.4 is 0 Å². The van der Waals surface area contributed by atoms with Gasteiger partial charge in [0, 0.05) is 0 Å². The second kappa shape index (κ2) is 7.33. The minimum Gasteiger partial charge on any atom is -0.200 e. The number of nitrogens with zero attached hydrogens (tertiary/aromatic N) is 2. The van der Waals surface area contributed by atoms with Gasteiger partial charge in [0.1, 0.15) is 4.90 Å². The van der Waals surface area contributed by atoms with Crippen LogP contribution >= 0.6 is 46.4 Å². The lowest BCUT2D eigenvalue weighted by molar-refractivity contribution is 0.410. The van der Waals surface area contributed by atoms with E-state index in [1.165, 1.54) is 18.2 Å². The lowest BCUT2D eigenvalue weighted by Gasteiger charge is -2.25. The molecule has 0 amide bonds. The largest absolute Gasteiger partial charge is 0.280 e. The maximum atomic E-state index is 12.9. The summed E-state index contributed by atoms with van der Waals surface area (Å²) in [4.78, 5) is -0.0687. The molecular formula is C16H12Cl4N2O2S. The molecule has 0 bridgehead atoms. The third kappa shape index (κ3) is 3.76. The Morgan fingerprint density at radius 2 is 1.72 bits per heavy atom. The number of hydrazone groups is 1. The van der Waals surface area contributed by atoms with Crippen LogP contribution in [0, 0.1) is 0 Å². The Balaban J connectivity index is 2.02. The van der Waals surface area contributed by atoms with Gasteiger partial charge in [-0.15, -0.1) is 0 Å². The van der Waals surface area contributed by atoms with Crippen LogP contribution in [0.4, 0.5) is 0 Å². The summed E-state index contributed by atoms with van der Waals surface area (Å²) in [7, 11) is -3.90. The SMILES string of the molecule is O=S(=O)(c1cccc(Cl)c1Cl)N1CCCC(c2ccc(Cl)c(Cl)c2)=N1. The van der Waals surface area contributed by atoms with E-state index in [1.54, 1.807) is 18.2 Å². The van der Waals surface area contributed by atoms with Gasteiger partial charge in [0.15, 0.2) is 0 Å². The Kier molecular flexibility index (Phi) is 5.51. The van der Waals surface area contributed by atoms with E-state index in [-0.39, 0.29) is 21.5 Å². The van der Waals surface area contributed by atoms with Gasteiger partial charge in [-0.05, 0) is 42.7 Å². The molecule has 1 heterocycles. The third-order valence-electron chi connectivity index (χ3n) is 3.72. The number of halogens is 4. The molecule has 0 aromatic heterocycles. The fourth-order valence-electron chi connectivity index (χ4n) is 2.46. The predicted octanol–water partition coefficient (Wildman–Crippen LogP) is 5.49. The van der Waals surface area contributed by atoms with Crippen molar-refractivity contribution >= 4 is 62.1 Å². The van der Waals surface area contributed by atoms with Crippen molar-refractivity contribution in [2.45, 2.75) is 17.7 Å². The maximum Gasteiger partial charge on any atom is 0.280 e. The van der Waals surface area contributed by atoms with Gasteiger partial charge in [-0.1, -0.05) is 58.5 Å². The first-order valence-electron chi connectivity index (χ1n) is 7.30. The summed E-state index contributed by atoms with van der Waals surface area (Å²) < 4.78 is 26.8. The van der Waals surface area contributed by atoms with E-state index >= 15 is 0 Å². The van der Waals surface area contributed by atoms with Gasteiger partial charge in [-0.3, -0.25) is 0 Å². The van der Waals surface area contributed by atoms with Crippen molar-refractivity contribution in [2.75, 3.05) is 6.54 Å². The summed E-state index contributed by atoms with van der Waals surface area (Å²) >= 11 is 24.0. The number of benzene rings is 2. The average Bonchev–Trinajstić information content (AvgIpc) is 2.59. The fourth-order valence-corrected chi connectivity index (χ4v) is 4.80. The monoisotopic (exact) mass is 436 g/mol. The number of hydrogen-bond acceptors (Lipinski definition) is 3. The van der Waals surface area contributed by atoms with Crippen molar-refractivity contribution in [3.05, 3.63) is 62.1 Å². The molecule has 0 aliphatic carbocycles. The Hall–Kier alpha value is -0.980. The van der Waals surface area contributed by atoms with Crippen LogP contribution in [-0.4, -0.2) is 25.1 Å². The molecule has 4 nitrogen and oxygen atoms in total. The maximum absolute atomic E-state index is 12.9. The lowest BCUT2D eigenvalue weighted by atomic mass is 10.1. The second-order valence-corrected chi connectivity index (χ2v) is 8.79. The predicted molar refractivity (Wildman–Crippen MR) is 103 cm³/mol. The van der Waals surface area contributed by atoms with Gasteiger partial charge >= 0.3 is 0 Å². The zero-order valence-electron chi connectivity index (χ0n) is 12.7. The molecule has 2 aromatic carbocycles. The highest BCUT2D eigenvalue weighted by atomic mass is 35.5. The molecule has 3 rings (SSSR count). The van der Waals surface area contributed by atoms with Crippen molar-refractivity contribution in [3.63, 3.8) is 0 Å². The molecular weight excluding hydrogens is 426 g/mol. The normalized spacial score (nSPS) is 15.2. The molecule has 0 radical (unpaired) electrons. The molecule has 1 aliphatic rings. The quantitative estimate of drug-likeness (QED) is 0.637. The van der Waals surface area contributed by atoms with E-state index < -0.39 is 10.0 Å². The highest BCUT2D eigenvalue weighted by molar-refractivity contribution is 7.89. The van der Waals surface area contributed by atoms with Crippen molar-refractivity contribution in [1.29, 1.82) is 0 Å². The van der Waals surface area contributed by atoms with Crippen LogP contribution in [-0.2, 0) is 10.0 Å². The van der Waals surface area contributed by atoms with Crippen molar-refractivity contribution in [1.82, 2.24) is 4.41 Å². The molecule has 0 fully saturated rings. The van der Waals surface area contributed by atoms with Crippen molar-refractivity contribution in [3.8, 4) is 0 Å². The molecule has 25 heavy (non-hydrogen) atoms. The van der Waals surface area contributed by atoms with Crippen LogP contribution in [0.1, 0.15) is 18.4 Å². The average molecular weight is 438 g/mol. The molecule has 9 heteroatoms. The standard InChI is InChI=1S/C16H12Cl4N2O2S/c17-11-7-6-10(9-13(11)19)14-4-2-8-22(21-14)25(23,24)15-5-1-3-12(18)16(15)20/h1,3,5-7,9H,2,4,8H2. The highest BCUT2D eigenvalue weighted by Crippen LogP contribution is 2.32. The van der Waals surface area contributed by atoms with Crippen molar-refractivity contribution in [2.24, 2.45) is 5.10 Å². The third-order valence-corrected chi connectivity index (χ3v) is 7.10. The number of sulfonamides is 1. The summed E-state index contributed by atoms with van der Waals surface area (Å²) in [5, 5.41) is 5.28. The Morgan fingerprint density at radius 3 is 2.44 bits per heavy atom. The van der Waals surface area contributed by atoms with E-state index in [2.05, 4.69) is 5.10 Å². The second-order valence-electron chi connectivity index (χ2n) is 5.38. The van der Waals surface area contributed by atoms with Crippen LogP contribution in [0.15, 0.2) is 46.4 Å². The van der Waals surface area contributed by atoms with E-state index in [9.17, 15) is 8.42 Å². The summed E-state index contributed by atoms with van der Waals surface area (Å²) in [5.74, 6) is 0. The van der Waals surface area contributed by atoms with Crippen LogP contribution in [0.3, 0.4) is 0 Å². The van der Waals surface area contributed by atoms with Gasteiger partial charge in [-0.25, -0.2) is 0 Å². The van der Waals surface area contributed by atoms with E-state index in [0.717, 1.165) is 9.98 Å². The summed E-state index contributed by atoms with van der Waals surface area (Å²) in [6.45, 7) is 0.260. The lowest BCUT2D eigenvalue weighted by Crippen LogP contribution is -2.32. The molecule has 0 unspecified atom stereocenters. The van der Waals surface area contributed by atoms with Crippen molar-refractivity contribution < 1.29 is 8.42 Å². The first kappa shape index (κ1) is 18.8. The fraction of sp³-hybridized carbons (Fsp3) is 0.188. The Morgan fingerprint density at radius 1 is 0.960 bits per heavy atom. The zero-order valence-corrected chi connectivity index (χ0v) is 16.6. The first-order chi connectivity index (χ1) is 11.8. The van der Waals surface area contributed by atoms with Gasteiger partial charge in [0.05, 0.1) is 32.3 Å². The minimum absolute atomic E-state index is 0.0129. The molecule has 0 atom stereocenters. The molecule has 2 aromatic rings. The Labute approximate surface area is 166 Å². The molecule has 0 N–H and O–H groups in total. The highest BCUT2D eigenvalue weighted by Gasteiger charge is 2.29. The Bertz CT molecular complexity index is 961. The topological polar surface area (TPSA) is 49.7 Å². The van der Waals surface area contributed by atoms with E-state index in [1.807, 2.05) is 0 Å². The minimum atomic E-state index is -3.90. The number of rotatable bonds is 3. The first-order valence-corrected chi connectivity index (χ1v) is 10.3. The summed E-state index contributed by atoms with van der Waals surface area (Å²) in [6, 6.07) is 9.56. The molecule has 0 saturated heterocycles. The summed E-state index contributed by atoms with van der Waals surface area (Å²) in [6.07, 6.45) is 1.25. The van der Waals surface area contributed by atoms with Crippen LogP contribution in [0.2, 0.25) is 20.1 Å². The van der Waals surface area contributed by atoms with E-state index in [4.69, 9.17) is 46.4 Å². The van der Waals surface area contributed by atoms with E-state index in [0.29, 0.717) is 28.6 Å². The molecule has 0 spiro atoms. The number of hydrogen-bond donors (Lipinski definition) is 0. The van der Waals surface area contributed by atoms with Crippen LogP contribution in [0.5, 0.6) is 0 Å². The molecule has 1 aliphatic heterocycles. The smallest absolute Gasteiger partial charge is 0.200 e. The van der Waals surface area contributed by atoms with Gasteiger partial charge in [0.25, 0.3) is 10.0 Å². The van der Waals surface area contributed by atoms with Gasteiger partial charge in [-0.2, -0.15) is 17.9 Å². The summed E-state index contributed by atoms with van der Waals surface area (Å²) in [5.41, 5.74) is 1.35. The molecule has 0 saturated carbocycles. The zero-order chi connectivity index (χ0) is 18.2.